The molecule has 0 spiro atoms. The van der Waals surface area contributed by atoms with Crippen molar-refractivity contribution in [2.45, 2.75) is 26.7 Å². The highest BCUT2D eigenvalue weighted by atomic mass is 32.1. The molecule has 80 valence electrons. The average Bonchev–Trinajstić information content (AvgIpc) is 2.01. The highest BCUT2D eigenvalue weighted by Crippen LogP contribution is 2.14. The monoisotopic (exact) mass is 205 g/mol. The molecule has 0 unspecified atom stereocenters. The molecule has 13 heavy (non-hydrogen) atoms. The maximum absolute atomic E-state index is 5.54. The van der Waals surface area contributed by atoms with Crippen LogP contribution in [-0.2, 0) is 4.74 Å². The molecule has 0 saturated carbocycles. The fourth-order valence-corrected chi connectivity index (χ4v) is 1.54. The van der Waals surface area contributed by atoms with Crippen LogP contribution in [0.5, 0.6) is 0 Å². The SMILES string of the molecule is CCCCOCC1CN(CC)C1.S. The molecule has 0 N–H and O–H groups in total. The van der Waals surface area contributed by atoms with Gasteiger partial charge in [-0.2, -0.15) is 13.5 Å². The molecule has 1 rings (SSSR count). The lowest BCUT2D eigenvalue weighted by Crippen LogP contribution is -2.48. The number of hydrogen-bond donors (Lipinski definition) is 0. The minimum atomic E-state index is 0. The Bertz CT molecular complexity index is 115. The predicted molar refractivity (Wildman–Crippen MR) is 61.7 cm³/mol. The van der Waals surface area contributed by atoms with Crippen LogP contribution in [-0.4, -0.2) is 37.7 Å². The first-order valence-electron chi connectivity index (χ1n) is 5.16. The quantitative estimate of drug-likeness (QED) is 0.614. The van der Waals surface area contributed by atoms with Gasteiger partial charge in [-0.15, -0.1) is 0 Å². The normalized spacial score (nSPS) is 18.0. The Kier molecular flexibility index (Phi) is 7.81. The lowest BCUT2D eigenvalue weighted by atomic mass is 10.0. The summed E-state index contributed by atoms with van der Waals surface area (Å²) in [6, 6.07) is 0. The van der Waals surface area contributed by atoms with Crippen LogP contribution in [0.15, 0.2) is 0 Å². The zero-order valence-corrected chi connectivity index (χ0v) is 9.88. The lowest BCUT2D eigenvalue weighted by molar-refractivity contribution is 0.0167. The highest BCUT2D eigenvalue weighted by molar-refractivity contribution is 7.59. The summed E-state index contributed by atoms with van der Waals surface area (Å²) in [5, 5.41) is 0. The molecule has 0 bridgehead atoms. The molecule has 3 heteroatoms. The topological polar surface area (TPSA) is 12.5 Å². The Morgan fingerprint density at radius 2 is 2.00 bits per heavy atom. The van der Waals surface area contributed by atoms with Crippen molar-refractivity contribution in [2.75, 3.05) is 32.8 Å². The van der Waals surface area contributed by atoms with Crippen molar-refractivity contribution < 1.29 is 4.74 Å². The largest absolute Gasteiger partial charge is 0.381 e. The van der Waals surface area contributed by atoms with Crippen molar-refractivity contribution in [2.24, 2.45) is 5.92 Å². The first-order valence-corrected chi connectivity index (χ1v) is 5.16. The number of hydrogen-bond acceptors (Lipinski definition) is 2. The van der Waals surface area contributed by atoms with E-state index in [0.717, 1.165) is 19.1 Å². The minimum absolute atomic E-state index is 0. The van der Waals surface area contributed by atoms with E-state index in [1.54, 1.807) is 0 Å². The van der Waals surface area contributed by atoms with Crippen molar-refractivity contribution in [3.63, 3.8) is 0 Å². The van der Waals surface area contributed by atoms with Crippen LogP contribution in [0.2, 0.25) is 0 Å². The fraction of sp³-hybridized carbons (Fsp3) is 1.00. The zero-order valence-electron chi connectivity index (χ0n) is 8.88. The Morgan fingerprint density at radius 3 is 2.54 bits per heavy atom. The van der Waals surface area contributed by atoms with E-state index in [-0.39, 0.29) is 13.5 Å². The van der Waals surface area contributed by atoms with Gasteiger partial charge in [-0.05, 0) is 13.0 Å². The summed E-state index contributed by atoms with van der Waals surface area (Å²) < 4.78 is 5.54. The standard InChI is InChI=1S/C10H21NO.H2S/c1-3-5-6-12-9-10-7-11(4-2)8-10;/h10H,3-9H2,1-2H3;1H2. The van der Waals surface area contributed by atoms with Gasteiger partial charge < -0.3 is 9.64 Å². The summed E-state index contributed by atoms with van der Waals surface area (Å²) >= 11 is 0. The summed E-state index contributed by atoms with van der Waals surface area (Å²) in [7, 11) is 0. The fourth-order valence-electron chi connectivity index (χ4n) is 1.54. The molecule has 1 heterocycles. The van der Waals surface area contributed by atoms with Crippen LogP contribution >= 0.6 is 13.5 Å². The molecule has 1 aliphatic heterocycles. The van der Waals surface area contributed by atoms with E-state index in [1.165, 1.54) is 32.5 Å². The molecular weight excluding hydrogens is 182 g/mol. The smallest absolute Gasteiger partial charge is 0.0518 e. The molecule has 0 aliphatic carbocycles. The third-order valence-corrected chi connectivity index (χ3v) is 2.48. The van der Waals surface area contributed by atoms with E-state index >= 15 is 0 Å². The van der Waals surface area contributed by atoms with Crippen molar-refractivity contribution in [3.05, 3.63) is 0 Å². The first-order chi connectivity index (χ1) is 5.86. The number of rotatable bonds is 6. The third kappa shape index (κ3) is 4.89. The second-order valence-electron chi connectivity index (χ2n) is 3.65. The van der Waals surface area contributed by atoms with Crippen molar-refractivity contribution >= 4 is 13.5 Å². The maximum Gasteiger partial charge on any atom is 0.0518 e. The van der Waals surface area contributed by atoms with Crippen LogP contribution in [0, 0.1) is 5.92 Å². The molecular formula is C10H23NOS. The molecule has 1 saturated heterocycles. The summed E-state index contributed by atoms with van der Waals surface area (Å²) in [4.78, 5) is 2.45. The Hall–Kier alpha value is 0.270. The van der Waals surface area contributed by atoms with Gasteiger partial charge in [0.2, 0.25) is 0 Å². The molecule has 2 nitrogen and oxygen atoms in total. The van der Waals surface area contributed by atoms with E-state index in [9.17, 15) is 0 Å². The number of ether oxygens (including phenoxy) is 1. The van der Waals surface area contributed by atoms with Crippen molar-refractivity contribution in [3.8, 4) is 0 Å². The Labute approximate surface area is 89.1 Å². The second-order valence-corrected chi connectivity index (χ2v) is 3.65. The number of likely N-dealkylation sites (tertiary alicyclic amines) is 1. The van der Waals surface area contributed by atoms with Gasteiger partial charge >= 0.3 is 0 Å². The molecule has 0 aromatic rings. The first kappa shape index (κ1) is 13.3. The number of unbranched alkanes of at least 4 members (excludes halogenated alkanes) is 1. The van der Waals surface area contributed by atoms with Gasteiger partial charge in [0.1, 0.15) is 0 Å². The molecule has 0 aromatic carbocycles. The van der Waals surface area contributed by atoms with Crippen LogP contribution < -0.4 is 0 Å². The predicted octanol–water partition coefficient (Wildman–Crippen LogP) is 1.87. The molecule has 0 radical (unpaired) electrons. The Morgan fingerprint density at radius 1 is 1.31 bits per heavy atom. The minimum Gasteiger partial charge on any atom is -0.381 e. The van der Waals surface area contributed by atoms with Crippen LogP contribution in [0.3, 0.4) is 0 Å². The molecule has 0 amide bonds. The average molecular weight is 205 g/mol. The second kappa shape index (κ2) is 7.65. The van der Waals surface area contributed by atoms with Crippen LogP contribution in [0.1, 0.15) is 26.7 Å². The summed E-state index contributed by atoms with van der Waals surface area (Å²) in [6.45, 7) is 10.1. The van der Waals surface area contributed by atoms with Gasteiger partial charge in [0.05, 0.1) is 6.61 Å². The molecule has 1 aliphatic rings. The van der Waals surface area contributed by atoms with Gasteiger partial charge in [0.15, 0.2) is 0 Å². The van der Waals surface area contributed by atoms with Gasteiger partial charge in [-0.25, -0.2) is 0 Å². The molecule has 1 fully saturated rings. The number of nitrogens with zero attached hydrogens (tertiary/aromatic N) is 1. The Balaban J connectivity index is 0.00000144. The zero-order chi connectivity index (χ0) is 8.81. The third-order valence-electron chi connectivity index (χ3n) is 2.48. The molecule has 0 atom stereocenters. The van der Waals surface area contributed by atoms with E-state index in [4.69, 9.17) is 4.74 Å². The van der Waals surface area contributed by atoms with Crippen molar-refractivity contribution in [1.82, 2.24) is 4.90 Å². The van der Waals surface area contributed by atoms with E-state index in [2.05, 4.69) is 18.7 Å². The van der Waals surface area contributed by atoms with Gasteiger partial charge in [-0.3, -0.25) is 0 Å². The summed E-state index contributed by atoms with van der Waals surface area (Å²) in [5.41, 5.74) is 0. The van der Waals surface area contributed by atoms with E-state index in [0.29, 0.717) is 0 Å². The highest BCUT2D eigenvalue weighted by Gasteiger charge is 2.24. The molecule has 0 aromatic heterocycles. The van der Waals surface area contributed by atoms with E-state index in [1.807, 2.05) is 0 Å². The van der Waals surface area contributed by atoms with Gasteiger partial charge in [-0.1, -0.05) is 20.3 Å². The maximum atomic E-state index is 5.54. The van der Waals surface area contributed by atoms with Gasteiger partial charge in [0.25, 0.3) is 0 Å². The summed E-state index contributed by atoms with van der Waals surface area (Å²) in [6.07, 6.45) is 2.45. The van der Waals surface area contributed by atoms with Gasteiger partial charge in [0, 0.05) is 25.6 Å². The van der Waals surface area contributed by atoms with Crippen LogP contribution in [0.25, 0.3) is 0 Å². The van der Waals surface area contributed by atoms with Crippen LogP contribution in [0.4, 0.5) is 0 Å². The summed E-state index contributed by atoms with van der Waals surface area (Å²) in [5.74, 6) is 0.821. The lowest BCUT2D eigenvalue weighted by Gasteiger charge is -2.38. The van der Waals surface area contributed by atoms with E-state index < -0.39 is 0 Å². The van der Waals surface area contributed by atoms with Crippen molar-refractivity contribution in [1.29, 1.82) is 0 Å².